The van der Waals surface area contributed by atoms with Gasteiger partial charge in [-0.2, -0.15) is 0 Å². The van der Waals surface area contributed by atoms with E-state index in [9.17, 15) is 18.0 Å². The molecule has 0 saturated carbocycles. The van der Waals surface area contributed by atoms with Gasteiger partial charge in [0.05, 0.1) is 20.6 Å². The van der Waals surface area contributed by atoms with Crippen LogP contribution in [-0.2, 0) is 32.6 Å². The van der Waals surface area contributed by atoms with Crippen molar-refractivity contribution in [2.45, 2.75) is 70.5 Å². The van der Waals surface area contributed by atoms with Crippen molar-refractivity contribution in [2.75, 3.05) is 10.8 Å². The predicted molar refractivity (Wildman–Crippen MR) is 166 cm³/mol. The van der Waals surface area contributed by atoms with Crippen molar-refractivity contribution in [3.63, 3.8) is 0 Å². The number of nitrogens with zero attached hydrogens (tertiary/aromatic N) is 2. The van der Waals surface area contributed by atoms with Gasteiger partial charge < -0.3 is 10.2 Å². The van der Waals surface area contributed by atoms with Crippen LogP contribution in [0.1, 0.15) is 51.7 Å². The van der Waals surface area contributed by atoms with Crippen molar-refractivity contribution in [3.05, 3.63) is 94.0 Å². The number of hydrogen-bond acceptors (Lipinski definition) is 4. The minimum Gasteiger partial charge on any atom is -0.352 e. The molecular weight excluding hydrogens is 581 g/mol. The highest BCUT2D eigenvalue weighted by Gasteiger charge is 2.34. The summed E-state index contributed by atoms with van der Waals surface area (Å²) in [6.45, 7) is 7.14. The van der Waals surface area contributed by atoms with Gasteiger partial charge in [-0.3, -0.25) is 13.9 Å². The molecule has 0 spiro atoms. The molecule has 3 aromatic rings. The summed E-state index contributed by atoms with van der Waals surface area (Å²) in [5.41, 5.74) is 1.85. The van der Waals surface area contributed by atoms with Crippen LogP contribution in [0.15, 0.2) is 77.7 Å². The van der Waals surface area contributed by atoms with Crippen LogP contribution >= 0.6 is 23.2 Å². The Hall–Kier alpha value is -3.07. The van der Waals surface area contributed by atoms with E-state index in [1.54, 1.807) is 48.5 Å². The summed E-state index contributed by atoms with van der Waals surface area (Å²) in [6.07, 6.45) is 1.61. The third-order valence-corrected chi connectivity index (χ3v) is 9.49. The number of benzene rings is 3. The summed E-state index contributed by atoms with van der Waals surface area (Å²) in [6, 6.07) is 19.2. The Morgan fingerprint density at radius 2 is 1.54 bits per heavy atom. The molecule has 0 unspecified atom stereocenters. The van der Waals surface area contributed by atoms with E-state index in [2.05, 4.69) is 5.32 Å². The highest BCUT2D eigenvalue weighted by atomic mass is 35.5. The summed E-state index contributed by atoms with van der Waals surface area (Å²) >= 11 is 12.4. The predicted octanol–water partition coefficient (Wildman–Crippen LogP) is 6.47. The number of carbonyl (C=O) groups is 2. The number of carbonyl (C=O) groups excluding carboxylic acids is 2. The smallest absolute Gasteiger partial charge is 0.264 e. The van der Waals surface area contributed by atoms with Gasteiger partial charge in [0.1, 0.15) is 12.6 Å². The summed E-state index contributed by atoms with van der Waals surface area (Å²) in [4.78, 5) is 29.1. The standard InChI is InChI=1S/C31H37Cl2N3O4S/c1-5-22(4)34-31(38)28(7-3)35(20-23-17-18-26(32)27(33)19-23)30(37)21-36(29-16-12-11-13-24(29)6-2)41(39,40)25-14-9-8-10-15-25/h8-19,22,28H,5-7,20-21H2,1-4H3,(H,34,38)/t22-,28-/m0/s1. The van der Waals surface area contributed by atoms with E-state index in [0.29, 0.717) is 34.1 Å². The number of para-hydroxylation sites is 1. The molecule has 0 radical (unpaired) electrons. The van der Waals surface area contributed by atoms with Crippen LogP contribution in [0.5, 0.6) is 0 Å². The second-order valence-electron chi connectivity index (χ2n) is 9.82. The van der Waals surface area contributed by atoms with Gasteiger partial charge in [0.25, 0.3) is 10.0 Å². The zero-order valence-corrected chi connectivity index (χ0v) is 26.1. The molecule has 2 amide bonds. The highest BCUT2D eigenvalue weighted by Crippen LogP contribution is 2.29. The first-order chi connectivity index (χ1) is 19.5. The fourth-order valence-corrected chi connectivity index (χ4v) is 6.28. The summed E-state index contributed by atoms with van der Waals surface area (Å²) < 4.78 is 29.1. The summed E-state index contributed by atoms with van der Waals surface area (Å²) in [5, 5.41) is 3.65. The third-order valence-electron chi connectivity index (χ3n) is 6.98. The first-order valence-electron chi connectivity index (χ1n) is 13.7. The van der Waals surface area contributed by atoms with Crippen LogP contribution in [-0.4, -0.2) is 43.8 Å². The fourth-order valence-electron chi connectivity index (χ4n) is 4.48. The van der Waals surface area contributed by atoms with E-state index in [1.807, 2.05) is 39.8 Å². The number of rotatable bonds is 13. The molecular formula is C31H37Cl2N3O4S. The lowest BCUT2D eigenvalue weighted by Crippen LogP contribution is -2.53. The number of hydrogen-bond donors (Lipinski definition) is 1. The van der Waals surface area contributed by atoms with E-state index in [-0.39, 0.29) is 23.4 Å². The Labute approximate surface area is 253 Å². The van der Waals surface area contributed by atoms with Gasteiger partial charge in [-0.25, -0.2) is 8.42 Å². The molecule has 7 nitrogen and oxygen atoms in total. The number of amides is 2. The molecule has 2 atom stereocenters. The lowest BCUT2D eigenvalue weighted by molar-refractivity contribution is -0.140. The normalized spacial score (nSPS) is 12.8. The van der Waals surface area contributed by atoms with Gasteiger partial charge in [0, 0.05) is 12.6 Å². The van der Waals surface area contributed by atoms with Crippen molar-refractivity contribution < 1.29 is 18.0 Å². The number of aryl methyl sites for hydroxylation is 1. The second-order valence-corrected chi connectivity index (χ2v) is 12.5. The molecule has 10 heteroatoms. The molecule has 0 saturated heterocycles. The van der Waals surface area contributed by atoms with Crippen LogP contribution in [0.3, 0.4) is 0 Å². The molecule has 0 aliphatic rings. The van der Waals surface area contributed by atoms with E-state index >= 15 is 0 Å². The Bertz CT molecular complexity index is 1450. The Balaban J connectivity index is 2.10. The van der Waals surface area contributed by atoms with Crippen LogP contribution in [0, 0.1) is 0 Å². The largest absolute Gasteiger partial charge is 0.352 e. The Kier molecular flexibility index (Phi) is 11.6. The average Bonchev–Trinajstić information content (AvgIpc) is 2.97. The molecule has 3 rings (SSSR count). The minimum atomic E-state index is -4.13. The monoisotopic (exact) mass is 617 g/mol. The van der Waals surface area contributed by atoms with E-state index in [1.165, 1.54) is 17.0 Å². The van der Waals surface area contributed by atoms with Crippen molar-refractivity contribution in [1.82, 2.24) is 10.2 Å². The molecule has 220 valence electrons. The van der Waals surface area contributed by atoms with Gasteiger partial charge in [-0.05, 0) is 67.6 Å². The first kappa shape index (κ1) is 32.4. The molecule has 0 aliphatic heterocycles. The van der Waals surface area contributed by atoms with Crippen molar-refractivity contribution in [1.29, 1.82) is 0 Å². The quantitative estimate of drug-likeness (QED) is 0.238. The zero-order chi connectivity index (χ0) is 30.2. The lowest BCUT2D eigenvalue weighted by Gasteiger charge is -2.34. The zero-order valence-electron chi connectivity index (χ0n) is 23.8. The molecule has 0 fully saturated rings. The minimum absolute atomic E-state index is 0.0385. The van der Waals surface area contributed by atoms with Gasteiger partial charge in [-0.15, -0.1) is 0 Å². The average molecular weight is 619 g/mol. The van der Waals surface area contributed by atoms with E-state index in [0.717, 1.165) is 16.3 Å². The molecule has 0 bridgehead atoms. The first-order valence-corrected chi connectivity index (χ1v) is 15.9. The molecule has 41 heavy (non-hydrogen) atoms. The fraction of sp³-hybridized carbons (Fsp3) is 0.355. The number of halogens is 2. The molecule has 0 aromatic heterocycles. The van der Waals surface area contributed by atoms with Gasteiger partial charge in [0.15, 0.2) is 0 Å². The van der Waals surface area contributed by atoms with Crippen molar-refractivity contribution >= 4 is 50.7 Å². The maximum absolute atomic E-state index is 14.2. The second kappa shape index (κ2) is 14.7. The molecule has 0 aliphatic carbocycles. The maximum Gasteiger partial charge on any atom is 0.264 e. The Morgan fingerprint density at radius 1 is 0.878 bits per heavy atom. The molecule has 3 aromatic carbocycles. The molecule has 0 heterocycles. The number of anilines is 1. The summed E-state index contributed by atoms with van der Waals surface area (Å²) in [5.74, 6) is -0.825. The lowest BCUT2D eigenvalue weighted by atomic mass is 10.1. The highest BCUT2D eigenvalue weighted by molar-refractivity contribution is 7.92. The summed E-state index contributed by atoms with van der Waals surface area (Å²) in [7, 11) is -4.13. The van der Waals surface area contributed by atoms with Crippen LogP contribution in [0.4, 0.5) is 5.69 Å². The van der Waals surface area contributed by atoms with Crippen molar-refractivity contribution in [2.24, 2.45) is 0 Å². The Morgan fingerprint density at radius 3 is 2.15 bits per heavy atom. The van der Waals surface area contributed by atoms with E-state index in [4.69, 9.17) is 23.2 Å². The molecule has 1 N–H and O–H groups in total. The van der Waals surface area contributed by atoms with Crippen LogP contribution in [0.2, 0.25) is 10.0 Å². The van der Waals surface area contributed by atoms with Crippen LogP contribution < -0.4 is 9.62 Å². The van der Waals surface area contributed by atoms with Gasteiger partial charge >= 0.3 is 0 Å². The maximum atomic E-state index is 14.2. The SMILES string of the molecule is CCc1ccccc1N(CC(=O)N(Cc1ccc(Cl)c(Cl)c1)[C@@H](CC)C(=O)N[C@@H](C)CC)S(=O)(=O)c1ccccc1. The van der Waals surface area contributed by atoms with Crippen LogP contribution in [0.25, 0.3) is 0 Å². The van der Waals surface area contributed by atoms with E-state index < -0.39 is 28.5 Å². The topological polar surface area (TPSA) is 86.8 Å². The van der Waals surface area contributed by atoms with Gasteiger partial charge in [-0.1, -0.05) is 86.4 Å². The third kappa shape index (κ3) is 8.03. The number of sulfonamides is 1. The number of nitrogens with one attached hydrogen (secondary N) is 1. The van der Waals surface area contributed by atoms with Crippen molar-refractivity contribution in [3.8, 4) is 0 Å². The van der Waals surface area contributed by atoms with Gasteiger partial charge in [0.2, 0.25) is 11.8 Å².